The predicted octanol–water partition coefficient (Wildman–Crippen LogP) is 4.42. The van der Waals surface area contributed by atoms with E-state index in [1.165, 1.54) is 12.1 Å². The van der Waals surface area contributed by atoms with E-state index in [1.54, 1.807) is 36.9 Å². The summed E-state index contributed by atoms with van der Waals surface area (Å²) < 4.78 is 73.1. The van der Waals surface area contributed by atoms with E-state index in [1.807, 2.05) is 0 Å². The van der Waals surface area contributed by atoms with Crippen LogP contribution in [0.4, 0.5) is 24.7 Å². The maximum Gasteiger partial charge on any atom is 0.349 e. The van der Waals surface area contributed by atoms with Crippen LogP contribution >= 0.6 is 0 Å². The highest BCUT2D eigenvalue weighted by Gasteiger charge is 2.64. The molecule has 10 heteroatoms. The van der Waals surface area contributed by atoms with Crippen LogP contribution in [-0.2, 0) is 23.1 Å². The number of benzene rings is 2. The molecule has 0 spiro atoms. The molecule has 5 rings (SSSR count). The van der Waals surface area contributed by atoms with E-state index < -0.39 is 41.3 Å². The van der Waals surface area contributed by atoms with Gasteiger partial charge in [0.05, 0.1) is 29.7 Å². The lowest BCUT2D eigenvalue weighted by Crippen LogP contribution is -2.50. The molecule has 1 N–H and O–H groups in total. The Morgan fingerprint density at radius 3 is 2.64 bits per heavy atom. The molecule has 2 aliphatic rings. The lowest BCUT2D eigenvalue weighted by Gasteiger charge is -2.27. The van der Waals surface area contributed by atoms with Gasteiger partial charge in [-0.25, -0.2) is 18.0 Å². The second-order valence-electron chi connectivity index (χ2n) is 10.5. The van der Waals surface area contributed by atoms with Crippen molar-refractivity contribution >= 4 is 28.3 Å². The average Bonchev–Trinajstić information content (AvgIpc) is 3.71. The van der Waals surface area contributed by atoms with Gasteiger partial charge in [0.1, 0.15) is 11.2 Å². The molecule has 7 nitrogen and oxygen atoms in total. The second-order valence-corrected chi connectivity index (χ2v) is 10.5. The number of alkyl halides is 2. The van der Waals surface area contributed by atoms with Crippen molar-refractivity contribution in [3.05, 3.63) is 63.8 Å². The number of nitrogens with one attached hydrogen (secondary N) is 1. The first-order valence-electron chi connectivity index (χ1n) is 14.0. The molecule has 1 aliphatic heterocycles. The summed E-state index contributed by atoms with van der Waals surface area (Å²) in [4.78, 5) is 31.3. The summed E-state index contributed by atoms with van der Waals surface area (Å²) in [5, 5.41) is 2.51. The number of nitrogens with zero attached hydrogens (tertiary/aromatic N) is 3. The first kappa shape index (κ1) is 23.1. The number of carbonyl (C=O) groups is 1. The molecular formula is C29H29F3N4O3. The zero-order valence-electron chi connectivity index (χ0n) is 24.7. The van der Waals surface area contributed by atoms with Gasteiger partial charge in [-0.1, -0.05) is 24.0 Å². The summed E-state index contributed by atoms with van der Waals surface area (Å²) in [5.74, 6) is 1.27. The van der Waals surface area contributed by atoms with Crippen molar-refractivity contribution in [1.29, 1.82) is 0 Å². The van der Waals surface area contributed by atoms with Gasteiger partial charge < -0.3 is 15.0 Å². The monoisotopic (exact) mass is 541 g/mol. The van der Waals surface area contributed by atoms with Gasteiger partial charge in [-0.05, 0) is 51.0 Å². The van der Waals surface area contributed by atoms with Crippen LogP contribution in [0.3, 0.4) is 0 Å². The van der Waals surface area contributed by atoms with Crippen LogP contribution in [-0.4, -0.2) is 40.1 Å². The molecule has 3 aromatic rings. The minimum Gasteiger partial charge on any atom is -0.375 e. The highest BCUT2D eigenvalue weighted by Crippen LogP contribution is 2.57. The summed E-state index contributed by atoms with van der Waals surface area (Å²) in [6.07, 6.45) is 0.205. The number of aromatic nitrogens is 2. The van der Waals surface area contributed by atoms with Crippen LogP contribution in [0.15, 0.2) is 41.2 Å². The third-order valence-corrected chi connectivity index (χ3v) is 7.21. The number of fused-ring (bicyclic) bond motifs is 2. The van der Waals surface area contributed by atoms with Crippen LogP contribution < -0.4 is 15.9 Å². The van der Waals surface area contributed by atoms with Gasteiger partial charge in [-0.2, -0.15) is 4.98 Å². The molecular weight excluding hydrogens is 509 g/mol. The molecule has 0 atom stereocenters. The van der Waals surface area contributed by atoms with Crippen molar-refractivity contribution in [1.82, 2.24) is 14.9 Å². The van der Waals surface area contributed by atoms with Gasteiger partial charge >= 0.3 is 5.69 Å². The third kappa shape index (κ3) is 4.76. The van der Waals surface area contributed by atoms with E-state index in [4.69, 9.17) is 8.85 Å². The number of hydrogen-bond acceptors (Lipinski definition) is 5. The van der Waals surface area contributed by atoms with E-state index in [0.29, 0.717) is 21.4 Å². The van der Waals surface area contributed by atoms with Gasteiger partial charge in [0.15, 0.2) is 5.82 Å². The number of aryl methyl sites for hydroxylation is 1. The van der Waals surface area contributed by atoms with Gasteiger partial charge in [-0.3, -0.25) is 9.36 Å². The fourth-order valence-corrected chi connectivity index (χ4v) is 4.83. The van der Waals surface area contributed by atoms with Crippen LogP contribution in [0.1, 0.15) is 48.9 Å². The maximum absolute atomic E-state index is 15.3. The van der Waals surface area contributed by atoms with Gasteiger partial charge in [-0.15, -0.1) is 0 Å². The molecule has 2 heterocycles. The van der Waals surface area contributed by atoms with Crippen molar-refractivity contribution < 1.29 is 26.8 Å². The van der Waals surface area contributed by atoms with Crippen molar-refractivity contribution in [2.24, 2.45) is 12.4 Å². The van der Waals surface area contributed by atoms with E-state index in [0.717, 1.165) is 13.0 Å². The predicted molar refractivity (Wildman–Crippen MR) is 141 cm³/mol. The van der Waals surface area contributed by atoms with Crippen molar-refractivity contribution in [2.75, 3.05) is 18.1 Å². The van der Waals surface area contributed by atoms with Crippen LogP contribution in [0.2, 0.25) is 0 Å². The molecule has 1 aromatic heterocycles. The zero-order chi connectivity index (χ0) is 30.7. The number of anilines is 2. The Bertz CT molecular complexity index is 1700. The minimum atomic E-state index is -3.15. The average molecular weight is 542 g/mol. The fraction of sp³-hybridized carbons (Fsp3) is 0.414. The molecule has 2 aromatic carbocycles. The standard InChI is InChI=1S/C29H29F3N4O3/c1-27(2,34-25(37)29(13-14-29)28(3,31)32)12-11-18-7-5-9-21-19(18)17-39-16-15-36(21)24-23-20(30)8-6-10-22(23)35(4)26(38)33-24/h5-10H,13-17H2,1-4H3,(H,34,37)/i4D3. The Morgan fingerprint density at radius 2 is 1.95 bits per heavy atom. The van der Waals surface area contributed by atoms with E-state index >= 15 is 4.39 Å². The lowest BCUT2D eigenvalue weighted by atomic mass is 9.95. The Morgan fingerprint density at radius 1 is 1.21 bits per heavy atom. The van der Waals surface area contributed by atoms with Crippen LogP contribution in [0.5, 0.6) is 0 Å². The zero-order valence-corrected chi connectivity index (χ0v) is 21.7. The number of amides is 1. The van der Waals surface area contributed by atoms with Gasteiger partial charge in [0, 0.05) is 41.4 Å². The topological polar surface area (TPSA) is 76.5 Å². The third-order valence-electron chi connectivity index (χ3n) is 7.21. The minimum absolute atomic E-state index is 0.0618. The maximum atomic E-state index is 15.3. The van der Waals surface area contributed by atoms with E-state index in [2.05, 4.69) is 22.1 Å². The summed E-state index contributed by atoms with van der Waals surface area (Å²) >= 11 is 0. The summed E-state index contributed by atoms with van der Waals surface area (Å²) in [7, 11) is 0. The fourth-order valence-electron chi connectivity index (χ4n) is 4.83. The normalized spacial score (nSPS) is 18.1. The molecule has 0 saturated heterocycles. The van der Waals surface area contributed by atoms with Crippen LogP contribution in [0, 0.1) is 23.1 Å². The number of hydrogen-bond donors (Lipinski definition) is 1. The smallest absolute Gasteiger partial charge is 0.349 e. The van der Waals surface area contributed by atoms with Crippen LogP contribution in [0.25, 0.3) is 10.9 Å². The van der Waals surface area contributed by atoms with Gasteiger partial charge in [0.25, 0.3) is 5.92 Å². The number of carbonyl (C=O) groups excluding carboxylic acids is 1. The van der Waals surface area contributed by atoms with E-state index in [-0.39, 0.29) is 49.3 Å². The molecule has 0 radical (unpaired) electrons. The summed E-state index contributed by atoms with van der Waals surface area (Å²) in [6.45, 7) is 1.56. The molecule has 0 bridgehead atoms. The van der Waals surface area contributed by atoms with E-state index in [9.17, 15) is 18.4 Å². The molecule has 1 aliphatic carbocycles. The highest BCUT2D eigenvalue weighted by atomic mass is 19.3. The first-order chi connectivity index (χ1) is 19.6. The Hall–Kier alpha value is -3.84. The quantitative estimate of drug-likeness (QED) is 0.495. The Kier molecular flexibility index (Phi) is 5.57. The lowest BCUT2D eigenvalue weighted by molar-refractivity contribution is -0.142. The number of halogens is 3. The summed E-state index contributed by atoms with van der Waals surface area (Å²) in [5.41, 5.74) is -2.44. The molecule has 39 heavy (non-hydrogen) atoms. The number of rotatable bonds is 4. The Labute approximate surface area is 228 Å². The first-order valence-corrected chi connectivity index (χ1v) is 12.5. The highest BCUT2D eigenvalue weighted by molar-refractivity contribution is 5.93. The van der Waals surface area contributed by atoms with Crippen molar-refractivity contribution in [3.63, 3.8) is 0 Å². The largest absolute Gasteiger partial charge is 0.375 e. The number of ether oxygens (including phenoxy) is 1. The molecule has 1 amide bonds. The molecule has 0 unspecified atom stereocenters. The summed E-state index contributed by atoms with van der Waals surface area (Å²) in [6, 6.07) is 8.99. The molecule has 1 saturated carbocycles. The molecule has 1 fully saturated rings. The van der Waals surface area contributed by atoms with Crippen molar-refractivity contribution in [2.45, 2.75) is 51.7 Å². The Balaban J connectivity index is 1.57. The molecule has 204 valence electrons. The second kappa shape index (κ2) is 9.42. The van der Waals surface area contributed by atoms with Gasteiger partial charge in [0.2, 0.25) is 5.91 Å². The SMILES string of the molecule is [2H]C([2H])([2H])n1c(=O)nc(N2CCOCc3c(C#CC(C)(C)NC(=O)C4(C(C)(F)F)CC4)cccc32)c2c(F)cccc21. The van der Waals surface area contributed by atoms with Crippen molar-refractivity contribution in [3.8, 4) is 11.8 Å².